The van der Waals surface area contributed by atoms with Crippen molar-refractivity contribution < 1.29 is 0 Å². The summed E-state index contributed by atoms with van der Waals surface area (Å²) in [5.41, 5.74) is 15.9. The van der Waals surface area contributed by atoms with Crippen LogP contribution in [0.15, 0.2) is 9.98 Å². The predicted molar refractivity (Wildman–Crippen MR) is 61.0 cm³/mol. The molecule has 0 amide bonds. The van der Waals surface area contributed by atoms with E-state index in [1.54, 1.807) is 0 Å². The van der Waals surface area contributed by atoms with E-state index in [9.17, 15) is 0 Å². The van der Waals surface area contributed by atoms with Crippen molar-refractivity contribution in [3.8, 4) is 0 Å². The minimum Gasteiger partial charge on any atom is -0.370 e. The van der Waals surface area contributed by atoms with Gasteiger partial charge in [-0.05, 0) is 18.8 Å². The van der Waals surface area contributed by atoms with Crippen LogP contribution in [0.25, 0.3) is 0 Å². The van der Waals surface area contributed by atoms with Crippen LogP contribution < -0.4 is 17.2 Å². The second kappa shape index (κ2) is 6.23. The molecule has 0 rings (SSSR count). The molecule has 0 aliphatic rings. The van der Waals surface area contributed by atoms with Gasteiger partial charge in [0.05, 0.1) is 6.04 Å². The van der Waals surface area contributed by atoms with Crippen molar-refractivity contribution in [2.45, 2.75) is 39.7 Å². The van der Waals surface area contributed by atoms with Gasteiger partial charge in [-0.1, -0.05) is 20.8 Å². The van der Waals surface area contributed by atoms with E-state index in [0.29, 0.717) is 5.92 Å². The number of hydrogen-bond donors (Lipinski definition) is 3. The van der Waals surface area contributed by atoms with E-state index >= 15 is 0 Å². The van der Waals surface area contributed by atoms with E-state index in [1.165, 1.54) is 0 Å². The molecule has 0 spiro atoms. The lowest BCUT2D eigenvalue weighted by Gasteiger charge is -2.12. The maximum absolute atomic E-state index is 5.53. The molecule has 5 heteroatoms. The SMILES string of the molecule is CCC(CC(C)C)N=C(N)N=C(N)N. The summed E-state index contributed by atoms with van der Waals surface area (Å²) in [6, 6.07) is 0.207. The van der Waals surface area contributed by atoms with Crippen LogP contribution in [0.4, 0.5) is 0 Å². The first-order chi connectivity index (χ1) is 6.45. The van der Waals surface area contributed by atoms with Crippen LogP contribution in [-0.2, 0) is 0 Å². The van der Waals surface area contributed by atoms with Gasteiger partial charge in [0.25, 0.3) is 0 Å². The van der Waals surface area contributed by atoms with Gasteiger partial charge >= 0.3 is 0 Å². The van der Waals surface area contributed by atoms with Gasteiger partial charge in [0.15, 0.2) is 5.96 Å². The highest BCUT2D eigenvalue weighted by molar-refractivity contribution is 5.92. The third-order valence-electron chi connectivity index (χ3n) is 1.77. The Morgan fingerprint density at radius 1 is 1.21 bits per heavy atom. The molecule has 0 aromatic rings. The highest BCUT2D eigenvalue weighted by atomic mass is 15.1. The topological polar surface area (TPSA) is 103 Å². The molecule has 0 heterocycles. The van der Waals surface area contributed by atoms with Crippen molar-refractivity contribution in [2.24, 2.45) is 33.1 Å². The van der Waals surface area contributed by atoms with E-state index < -0.39 is 0 Å². The first-order valence-electron chi connectivity index (χ1n) is 4.88. The van der Waals surface area contributed by atoms with Crippen LogP contribution in [-0.4, -0.2) is 18.0 Å². The molecule has 6 N–H and O–H groups in total. The summed E-state index contributed by atoms with van der Waals surface area (Å²) in [7, 11) is 0. The van der Waals surface area contributed by atoms with Gasteiger partial charge in [-0.2, -0.15) is 4.99 Å². The Morgan fingerprint density at radius 2 is 1.79 bits per heavy atom. The van der Waals surface area contributed by atoms with Crippen molar-refractivity contribution in [1.29, 1.82) is 0 Å². The van der Waals surface area contributed by atoms with E-state index in [2.05, 4.69) is 30.8 Å². The van der Waals surface area contributed by atoms with Gasteiger partial charge in [-0.25, -0.2) is 4.99 Å². The molecule has 1 unspecified atom stereocenters. The number of nitrogens with two attached hydrogens (primary N) is 3. The van der Waals surface area contributed by atoms with Crippen LogP contribution in [0.5, 0.6) is 0 Å². The molecule has 0 radical (unpaired) electrons. The van der Waals surface area contributed by atoms with Crippen LogP contribution >= 0.6 is 0 Å². The zero-order valence-electron chi connectivity index (χ0n) is 9.20. The third kappa shape index (κ3) is 6.28. The number of hydrogen-bond acceptors (Lipinski definition) is 1. The number of guanidine groups is 2. The normalized spacial score (nSPS) is 14.1. The zero-order valence-corrected chi connectivity index (χ0v) is 9.20. The van der Waals surface area contributed by atoms with Gasteiger partial charge in [0.1, 0.15) is 0 Å². The molecule has 0 aliphatic carbocycles. The van der Waals surface area contributed by atoms with Crippen molar-refractivity contribution in [1.82, 2.24) is 0 Å². The maximum atomic E-state index is 5.53. The van der Waals surface area contributed by atoms with Gasteiger partial charge in [-0.3, -0.25) is 0 Å². The van der Waals surface area contributed by atoms with E-state index in [4.69, 9.17) is 17.2 Å². The van der Waals surface area contributed by atoms with Gasteiger partial charge in [0, 0.05) is 0 Å². The summed E-state index contributed by atoms with van der Waals surface area (Å²) >= 11 is 0. The molecule has 0 saturated carbocycles. The molecule has 0 aromatic carbocycles. The monoisotopic (exact) mass is 199 g/mol. The largest absolute Gasteiger partial charge is 0.370 e. The molecular formula is C9H21N5. The Morgan fingerprint density at radius 3 is 2.14 bits per heavy atom. The smallest absolute Gasteiger partial charge is 0.218 e. The second-order valence-electron chi connectivity index (χ2n) is 3.72. The summed E-state index contributed by atoms with van der Waals surface area (Å²) < 4.78 is 0. The Kier molecular flexibility index (Phi) is 5.67. The molecule has 0 aromatic heterocycles. The van der Waals surface area contributed by atoms with Crippen LogP contribution in [0, 0.1) is 5.92 Å². The summed E-state index contributed by atoms with van der Waals surface area (Å²) in [6.45, 7) is 6.36. The quantitative estimate of drug-likeness (QED) is 0.451. The summed E-state index contributed by atoms with van der Waals surface area (Å²) in [5, 5.41) is 0. The molecule has 5 nitrogen and oxygen atoms in total. The lowest BCUT2D eigenvalue weighted by atomic mass is 10.0. The second-order valence-corrected chi connectivity index (χ2v) is 3.72. The Bertz CT molecular complexity index is 215. The van der Waals surface area contributed by atoms with E-state index in [1.807, 2.05) is 0 Å². The molecule has 0 saturated heterocycles. The molecule has 1 atom stereocenters. The molecule has 0 fully saturated rings. The van der Waals surface area contributed by atoms with Crippen LogP contribution in [0.3, 0.4) is 0 Å². The average molecular weight is 199 g/mol. The molecule has 0 aliphatic heterocycles. The minimum atomic E-state index is -0.0503. The van der Waals surface area contributed by atoms with E-state index in [0.717, 1.165) is 12.8 Å². The summed E-state index contributed by atoms with van der Waals surface area (Å²) in [4.78, 5) is 7.89. The number of rotatable bonds is 4. The van der Waals surface area contributed by atoms with E-state index in [-0.39, 0.29) is 18.0 Å². The Balaban J connectivity index is 4.34. The number of aliphatic imine (C=N–C) groups is 2. The third-order valence-corrected chi connectivity index (χ3v) is 1.77. The molecule has 0 bridgehead atoms. The first kappa shape index (κ1) is 12.7. The van der Waals surface area contributed by atoms with Gasteiger partial charge in [-0.15, -0.1) is 0 Å². The molecular weight excluding hydrogens is 178 g/mol. The van der Waals surface area contributed by atoms with Crippen molar-refractivity contribution in [2.75, 3.05) is 0 Å². The molecule has 14 heavy (non-hydrogen) atoms. The Hall–Kier alpha value is -1.26. The van der Waals surface area contributed by atoms with Crippen molar-refractivity contribution in [3.63, 3.8) is 0 Å². The highest BCUT2D eigenvalue weighted by Gasteiger charge is 2.07. The van der Waals surface area contributed by atoms with Crippen LogP contribution in [0.1, 0.15) is 33.6 Å². The van der Waals surface area contributed by atoms with Gasteiger partial charge in [0.2, 0.25) is 5.96 Å². The first-order valence-corrected chi connectivity index (χ1v) is 4.88. The fraction of sp³-hybridized carbons (Fsp3) is 0.778. The lowest BCUT2D eigenvalue weighted by Crippen LogP contribution is -2.27. The highest BCUT2D eigenvalue weighted by Crippen LogP contribution is 2.11. The fourth-order valence-electron chi connectivity index (χ4n) is 1.20. The zero-order chi connectivity index (χ0) is 11.1. The molecule has 82 valence electrons. The predicted octanol–water partition coefficient (Wildman–Crippen LogP) is 0.399. The lowest BCUT2D eigenvalue weighted by molar-refractivity contribution is 0.487. The average Bonchev–Trinajstić information content (AvgIpc) is 2.00. The minimum absolute atomic E-state index is 0.0503. The van der Waals surface area contributed by atoms with Crippen LogP contribution in [0.2, 0.25) is 0 Å². The fourth-order valence-corrected chi connectivity index (χ4v) is 1.20. The van der Waals surface area contributed by atoms with Crippen molar-refractivity contribution in [3.05, 3.63) is 0 Å². The summed E-state index contributed by atoms with van der Waals surface area (Å²) in [5.74, 6) is 0.707. The maximum Gasteiger partial charge on any atom is 0.218 e. The summed E-state index contributed by atoms with van der Waals surface area (Å²) in [6.07, 6.45) is 1.94. The van der Waals surface area contributed by atoms with Crippen molar-refractivity contribution >= 4 is 11.9 Å². The van der Waals surface area contributed by atoms with Gasteiger partial charge < -0.3 is 17.2 Å². The Labute approximate surface area is 85.5 Å². The number of nitrogens with zero attached hydrogens (tertiary/aromatic N) is 2. The standard InChI is InChI=1S/C9H21N5/c1-4-7(5-6(2)3)13-9(12)14-8(10)11/h6-7H,4-5H2,1-3H3,(H6,10,11,12,13,14).